The molecule has 3 rings (SSSR count). The number of rotatable bonds is 7. The van der Waals surface area contributed by atoms with Gasteiger partial charge in [-0.25, -0.2) is 4.79 Å². The summed E-state index contributed by atoms with van der Waals surface area (Å²) < 4.78 is 0. The van der Waals surface area contributed by atoms with Gasteiger partial charge in [-0.15, -0.1) is 11.8 Å². The van der Waals surface area contributed by atoms with Crippen LogP contribution in [0.15, 0.2) is 53.4 Å². The second-order valence-corrected chi connectivity index (χ2v) is 7.12. The highest BCUT2D eigenvalue weighted by atomic mass is 32.2. The molecule has 0 aliphatic carbocycles. The molecule has 1 saturated heterocycles. The van der Waals surface area contributed by atoms with Crippen molar-refractivity contribution in [3.8, 4) is 11.1 Å². The molecule has 2 aromatic rings. The minimum Gasteiger partial charge on any atom is -0.356 e. The van der Waals surface area contributed by atoms with Gasteiger partial charge in [-0.05, 0) is 41.5 Å². The molecule has 2 aromatic carbocycles. The molecule has 0 spiro atoms. The minimum absolute atomic E-state index is 0.0530. The Hall–Kier alpha value is -2.80. The van der Waals surface area contributed by atoms with Gasteiger partial charge in [0, 0.05) is 11.4 Å². The van der Waals surface area contributed by atoms with Crippen molar-refractivity contribution in [2.24, 2.45) is 0 Å². The summed E-state index contributed by atoms with van der Waals surface area (Å²) in [5, 5.41) is 7.30. The Morgan fingerprint density at radius 3 is 2.22 bits per heavy atom. The van der Waals surface area contributed by atoms with Crippen LogP contribution in [0, 0.1) is 0 Å². The third-order valence-electron chi connectivity index (χ3n) is 4.36. The van der Waals surface area contributed by atoms with Crippen molar-refractivity contribution in [2.45, 2.75) is 23.8 Å². The summed E-state index contributed by atoms with van der Waals surface area (Å²) in [4.78, 5) is 35.6. The molecule has 4 amide bonds. The molecule has 27 heavy (non-hydrogen) atoms. The van der Waals surface area contributed by atoms with Crippen molar-refractivity contribution in [3.05, 3.63) is 54.1 Å². The number of carbonyl (C=O) groups is 3. The molecule has 1 aliphatic heterocycles. The van der Waals surface area contributed by atoms with Crippen LogP contribution in [0.3, 0.4) is 0 Å². The number of hydrogen-bond donors (Lipinski definition) is 3. The number of imide groups is 1. The molecule has 7 heteroatoms. The van der Waals surface area contributed by atoms with Crippen LogP contribution >= 0.6 is 11.8 Å². The molecule has 0 radical (unpaired) electrons. The average Bonchev–Trinajstić information content (AvgIpc) is 2.99. The van der Waals surface area contributed by atoms with Crippen LogP contribution in [-0.4, -0.2) is 36.7 Å². The second kappa shape index (κ2) is 8.73. The zero-order valence-corrected chi connectivity index (χ0v) is 15.8. The number of benzene rings is 2. The predicted octanol–water partition coefficient (Wildman–Crippen LogP) is 2.33. The van der Waals surface area contributed by atoms with Crippen LogP contribution in [0.5, 0.6) is 0 Å². The fraction of sp³-hybridized carbons (Fsp3) is 0.250. The Bertz CT molecular complexity index is 835. The molecule has 1 fully saturated rings. The number of urea groups is 1. The monoisotopic (exact) mass is 383 g/mol. The molecule has 6 nitrogen and oxygen atoms in total. The predicted molar refractivity (Wildman–Crippen MR) is 105 cm³/mol. The highest BCUT2D eigenvalue weighted by molar-refractivity contribution is 7.98. The van der Waals surface area contributed by atoms with Crippen LogP contribution in [0.1, 0.15) is 12.0 Å². The van der Waals surface area contributed by atoms with E-state index in [1.165, 1.54) is 10.5 Å². The van der Waals surface area contributed by atoms with Crippen molar-refractivity contribution in [1.29, 1.82) is 0 Å². The highest BCUT2D eigenvalue weighted by Crippen LogP contribution is 2.23. The Morgan fingerprint density at radius 2 is 1.67 bits per heavy atom. The van der Waals surface area contributed by atoms with Gasteiger partial charge in [-0.3, -0.25) is 14.9 Å². The summed E-state index contributed by atoms with van der Waals surface area (Å²) in [5.41, 5.74) is 3.44. The van der Waals surface area contributed by atoms with Crippen LogP contribution in [0.4, 0.5) is 4.79 Å². The van der Waals surface area contributed by atoms with Gasteiger partial charge in [0.25, 0.3) is 5.91 Å². The van der Waals surface area contributed by atoms with Crippen LogP contribution in [0.2, 0.25) is 0 Å². The Labute approximate surface area is 162 Å². The van der Waals surface area contributed by atoms with Crippen molar-refractivity contribution in [2.75, 3.05) is 12.8 Å². The fourth-order valence-electron chi connectivity index (χ4n) is 2.85. The fourth-order valence-corrected chi connectivity index (χ4v) is 3.26. The molecular formula is C20H21N3O3S. The van der Waals surface area contributed by atoms with Crippen LogP contribution in [0.25, 0.3) is 11.1 Å². The first-order valence-corrected chi connectivity index (χ1v) is 9.89. The summed E-state index contributed by atoms with van der Waals surface area (Å²) in [6.45, 7) is 0.475. The maximum Gasteiger partial charge on any atom is 0.322 e. The number of carbonyl (C=O) groups excluding carboxylic acids is 3. The smallest absolute Gasteiger partial charge is 0.322 e. The first-order chi connectivity index (χ1) is 13.0. The summed E-state index contributed by atoms with van der Waals surface area (Å²) in [5.74, 6) is -0.723. The molecular weight excluding hydrogens is 362 g/mol. The quantitative estimate of drug-likeness (QED) is 0.506. The standard InChI is InChI=1S/C20H21N3O3S/c1-27-16-8-6-15(7-9-16)14-4-2-13(3-5-14)10-11-21-18(24)12-17-19(25)23-20(26)22-17/h2-9,17H,10-12H2,1H3,(H,21,24)(H2,22,23,25,26). The van der Waals surface area contributed by atoms with Gasteiger partial charge in [0.2, 0.25) is 5.91 Å². The first kappa shape index (κ1) is 19.0. The molecule has 0 saturated carbocycles. The Balaban J connectivity index is 1.46. The van der Waals surface area contributed by atoms with E-state index in [9.17, 15) is 14.4 Å². The van der Waals surface area contributed by atoms with E-state index in [1.54, 1.807) is 11.8 Å². The highest BCUT2D eigenvalue weighted by Gasteiger charge is 2.30. The van der Waals surface area contributed by atoms with E-state index in [2.05, 4.69) is 70.7 Å². The van der Waals surface area contributed by atoms with E-state index in [0.717, 1.165) is 11.1 Å². The molecule has 140 valence electrons. The average molecular weight is 383 g/mol. The third kappa shape index (κ3) is 5.10. The molecule has 0 aromatic heterocycles. The van der Waals surface area contributed by atoms with E-state index in [4.69, 9.17) is 0 Å². The summed E-state index contributed by atoms with van der Waals surface area (Å²) in [7, 11) is 0. The van der Waals surface area contributed by atoms with Crippen molar-refractivity contribution in [1.82, 2.24) is 16.0 Å². The Kier molecular flexibility index (Phi) is 6.13. The van der Waals surface area contributed by atoms with E-state index in [-0.39, 0.29) is 12.3 Å². The molecule has 1 unspecified atom stereocenters. The zero-order chi connectivity index (χ0) is 19.2. The molecule has 1 heterocycles. The summed E-state index contributed by atoms with van der Waals surface area (Å²) in [6.07, 6.45) is 2.70. The topological polar surface area (TPSA) is 87.3 Å². The van der Waals surface area contributed by atoms with Gasteiger partial charge in [0.05, 0.1) is 6.42 Å². The lowest BCUT2D eigenvalue weighted by Gasteiger charge is -2.09. The normalized spacial score (nSPS) is 16.0. The van der Waals surface area contributed by atoms with Gasteiger partial charge in [0.1, 0.15) is 6.04 Å². The number of hydrogen-bond acceptors (Lipinski definition) is 4. The van der Waals surface area contributed by atoms with Gasteiger partial charge < -0.3 is 10.6 Å². The van der Waals surface area contributed by atoms with Crippen molar-refractivity contribution < 1.29 is 14.4 Å². The van der Waals surface area contributed by atoms with E-state index in [0.29, 0.717) is 13.0 Å². The SMILES string of the molecule is CSc1ccc(-c2ccc(CCNC(=O)CC3NC(=O)NC3=O)cc2)cc1. The largest absolute Gasteiger partial charge is 0.356 e. The molecule has 3 N–H and O–H groups in total. The van der Waals surface area contributed by atoms with Crippen LogP contribution in [-0.2, 0) is 16.0 Å². The maximum atomic E-state index is 11.9. The number of thioether (sulfide) groups is 1. The molecule has 1 aliphatic rings. The van der Waals surface area contributed by atoms with Crippen molar-refractivity contribution in [3.63, 3.8) is 0 Å². The maximum absolute atomic E-state index is 11.9. The summed E-state index contributed by atoms with van der Waals surface area (Å²) in [6, 6.07) is 15.3. The summed E-state index contributed by atoms with van der Waals surface area (Å²) >= 11 is 1.72. The number of amides is 4. The lowest BCUT2D eigenvalue weighted by Crippen LogP contribution is -2.36. The van der Waals surface area contributed by atoms with Gasteiger partial charge in [-0.1, -0.05) is 36.4 Å². The van der Waals surface area contributed by atoms with E-state index >= 15 is 0 Å². The second-order valence-electron chi connectivity index (χ2n) is 6.24. The third-order valence-corrected chi connectivity index (χ3v) is 5.10. The van der Waals surface area contributed by atoms with E-state index in [1.807, 2.05) is 0 Å². The lowest BCUT2D eigenvalue weighted by atomic mass is 10.0. The number of nitrogens with one attached hydrogen (secondary N) is 3. The van der Waals surface area contributed by atoms with Crippen LogP contribution < -0.4 is 16.0 Å². The minimum atomic E-state index is -0.783. The molecule has 0 bridgehead atoms. The Morgan fingerprint density at radius 1 is 1.04 bits per heavy atom. The van der Waals surface area contributed by atoms with E-state index < -0.39 is 18.0 Å². The first-order valence-electron chi connectivity index (χ1n) is 8.66. The van der Waals surface area contributed by atoms with Crippen molar-refractivity contribution >= 4 is 29.6 Å². The molecule has 1 atom stereocenters. The van der Waals surface area contributed by atoms with Gasteiger partial charge in [-0.2, -0.15) is 0 Å². The zero-order valence-electron chi connectivity index (χ0n) is 15.0. The van der Waals surface area contributed by atoms with Gasteiger partial charge >= 0.3 is 6.03 Å². The lowest BCUT2D eigenvalue weighted by molar-refractivity contribution is -0.126. The van der Waals surface area contributed by atoms with Gasteiger partial charge in [0.15, 0.2) is 0 Å².